The van der Waals surface area contributed by atoms with E-state index in [0.717, 1.165) is 16.8 Å². The zero-order valence-corrected chi connectivity index (χ0v) is 16.2. The largest absolute Gasteiger partial charge is 0.325 e. The summed E-state index contributed by atoms with van der Waals surface area (Å²) in [6, 6.07) is 13.1. The van der Waals surface area contributed by atoms with Gasteiger partial charge in [0, 0.05) is 34.5 Å². The zero-order chi connectivity index (χ0) is 19.2. The van der Waals surface area contributed by atoms with Gasteiger partial charge < -0.3 is 5.32 Å². The summed E-state index contributed by atoms with van der Waals surface area (Å²) in [5.74, 6) is -0.357. The van der Waals surface area contributed by atoms with Gasteiger partial charge in [-0.1, -0.05) is 47.5 Å². The van der Waals surface area contributed by atoms with Crippen molar-refractivity contribution in [2.75, 3.05) is 5.32 Å². The van der Waals surface area contributed by atoms with Crippen LogP contribution in [0.3, 0.4) is 0 Å². The van der Waals surface area contributed by atoms with Crippen LogP contribution >= 0.6 is 23.2 Å². The van der Waals surface area contributed by atoms with Crippen LogP contribution in [-0.4, -0.2) is 11.7 Å². The zero-order valence-electron chi connectivity index (χ0n) is 14.7. The van der Waals surface area contributed by atoms with Crippen LogP contribution in [0.5, 0.6) is 0 Å². The SMILES string of the molecule is C=CC1CC(=O)C[C@@H](Cc2cccc(Cl)c2)[C@]12C(=O)Nc1cc(Cl)ccc12. The first kappa shape index (κ1) is 18.3. The number of amides is 1. The van der Waals surface area contributed by atoms with Gasteiger partial charge in [0.1, 0.15) is 5.78 Å². The number of halogens is 2. The van der Waals surface area contributed by atoms with Crippen LogP contribution in [0.25, 0.3) is 0 Å². The monoisotopic (exact) mass is 399 g/mol. The molecule has 1 heterocycles. The molecule has 0 saturated heterocycles. The number of Topliss-reactive ketones (excluding diaryl/α,β-unsaturated/α-hetero) is 1. The number of carbonyl (C=O) groups is 2. The van der Waals surface area contributed by atoms with E-state index in [0.29, 0.717) is 29.3 Å². The molecule has 4 rings (SSSR count). The van der Waals surface area contributed by atoms with Gasteiger partial charge in [0.15, 0.2) is 0 Å². The summed E-state index contributed by atoms with van der Waals surface area (Å²) >= 11 is 12.3. The molecule has 0 bridgehead atoms. The maximum Gasteiger partial charge on any atom is 0.236 e. The standard InChI is InChI=1S/C22H19Cl2NO2/c1-2-14-10-18(26)11-15(8-13-4-3-5-16(23)9-13)22(14)19-7-6-17(24)12-20(19)25-21(22)27/h2-7,9,12,14-15H,1,8,10-11H2,(H,25,27)/t14?,15-,22-/m1/s1. The van der Waals surface area contributed by atoms with E-state index >= 15 is 0 Å². The molecule has 3 atom stereocenters. The second-order valence-corrected chi connectivity index (χ2v) is 8.21. The van der Waals surface area contributed by atoms with Crippen molar-refractivity contribution in [3.8, 4) is 0 Å². The Balaban J connectivity index is 1.86. The highest BCUT2D eigenvalue weighted by molar-refractivity contribution is 6.31. The van der Waals surface area contributed by atoms with Gasteiger partial charge in [-0.05, 0) is 47.7 Å². The van der Waals surface area contributed by atoms with Crippen LogP contribution in [-0.2, 0) is 21.4 Å². The van der Waals surface area contributed by atoms with E-state index in [1.54, 1.807) is 18.2 Å². The number of hydrogen-bond donors (Lipinski definition) is 1. The van der Waals surface area contributed by atoms with Gasteiger partial charge in [-0.25, -0.2) is 0 Å². The lowest BCUT2D eigenvalue weighted by Crippen LogP contribution is -2.52. The molecule has 1 aliphatic carbocycles. The quantitative estimate of drug-likeness (QED) is 0.720. The lowest BCUT2D eigenvalue weighted by atomic mass is 9.56. The smallest absolute Gasteiger partial charge is 0.236 e. The molecule has 0 radical (unpaired) electrons. The Morgan fingerprint density at radius 3 is 2.63 bits per heavy atom. The summed E-state index contributed by atoms with van der Waals surface area (Å²) in [5.41, 5.74) is 1.82. The van der Waals surface area contributed by atoms with E-state index in [4.69, 9.17) is 23.2 Å². The average molecular weight is 400 g/mol. The van der Waals surface area contributed by atoms with Crippen molar-refractivity contribution in [2.24, 2.45) is 11.8 Å². The molecule has 1 aliphatic heterocycles. The van der Waals surface area contributed by atoms with Crippen LogP contribution < -0.4 is 5.32 Å². The molecule has 1 unspecified atom stereocenters. The summed E-state index contributed by atoms with van der Waals surface area (Å²) in [7, 11) is 0. The maximum atomic E-state index is 13.3. The van der Waals surface area contributed by atoms with E-state index in [2.05, 4.69) is 11.9 Å². The van der Waals surface area contributed by atoms with E-state index in [9.17, 15) is 9.59 Å². The summed E-state index contributed by atoms with van der Waals surface area (Å²) in [6.45, 7) is 3.94. The molecule has 2 aromatic rings. The molecule has 3 nitrogen and oxygen atoms in total. The summed E-state index contributed by atoms with van der Waals surface area (Å²) in [4.78, 5) is 25.8. The fourth-order valence-corrected chi connectivity index (χ4v) is 5.17. The number of benzene rings is 2. The lowest BCUT2D eigenvalue weighted by Gasteiger charge is -2.44. The summed E-state index contributed by atoms with van der Waals surface area (Å²) in [6.07, 6.45) is 3.02. The van der Waals surface area contributed by atoms with Gasteiger partial charge in [-0.3, -0.25) is 9.59 Å². The number of allylic oxidation sites excluding steroid dienone is 1. The van der Waals surface area contributed by atoms with E-state index in [1.807, 2.05) is 30.3 Å². The normalized spacial score (nSPS) is 26.7. The van der Waals surface area contributed by atoms with Gasteiger partial charge >= 0.3 is 0 Å². The molecule has 1 N–H and O–H groups in total. The topological polar surface area (TPSA) is 46.2 Å². The van der Waals surface area contributed by atoms with Gasteiger partial charge in [0.25, 0.3) is 0 Å². The van der Waals surface area contributed by atoms with Gasteiger partial charge in [0.05, 0.1) is 5.41 Å². The highest BCUT2D eigenvalue weighted by atomic mass is 35.5. The number of rotatable bonds is 3. The lowest BCUT2D eigenvalue weighted by molar-refractivity contribution is -0.132. The van der Waals surface area contributed by atoms with Crippen molar-refractivity contribution in [1.29, 1.82) is 0 Å². The van der Waals surface area contributed by atoms with Gasteiger partial charge in [-0.15, -0.1) is 6.58 Å². The second-order valence-electron chi connectivity index (χ2n) is 7.33. The Hall–Kier alpha value is -2.10. The molecule has 1 fully saturated rings. The molecule has 2 aromatic carbocycles. The fourth-order valence-electron chi connectivity index (χ4n) is 4.78. The molecule has 1 spiro atoms. The van der Waals surface area contributed by atoms with Crippen molar-refractivity contribution in [3.63, 3.8) is 0 Å². The van der Waals surface area contributed by atoms with E-state index in [-0.39, 0.29) is 23.5 Å². The minimum absolute atomic E-state index is 0.0794. The van der Waals surface area contributed by atoms with Crippen molar-refractivity contribution in [3.05, 3.63) is 76.3 Å². The number of ketones is 1. The molecule has 0 aromatic heterocycles. The number of nitrogens with one attached hydrogen (secondary N) is 1. The molecule has 5 heteroatoms. The third-order valence-electron chi connectivity index (χ3n) is 5.86. The Kier molecular flexibility index (Phi) is 4.61. The Morgan fingerprint density at radius 2 is 1.89 bits per heavy atom. The van der Waals surface area contributed by atoms with Gasteiger partial charge in [-0.2, -0.15) is 0 Å². The van der Waals surface area contributed by atoms with Crippen molar-refractivity contribution < 1.29 is 9.59 Å². The molecular formula is C22H19Cl2NO2. The van der Waals surface area contributed by atoms with Crippen LogP contribution in [0.1, 0.15) is 24.0 Å². The first-order chi connectivity index (χ1) is 12.9. The van der Waals surface area contributed by atoms with Crippen molar-refractivity contribution in [1.82, 2.24) is 0 Å². The van der Waals surface area contributed by atoms with Gasteiger partial charge in [0.2, 0.25) is 5.91 Å². The first-order valence-corrected chi connectivity index (χ1v) is 9.71. The average Bonchev–Trinajstić information content (AvgIpc) is 2.90. The van der Waals surface area contributed by atoms with Crippen LogP contribution in [0, 0.1) is 11.8 Å². The fraction of sp³-hybridized carbons (Fsp3) is 0.273. The molecule has 1 saturated carbocycles. The van der Waals surface area contributed by atoms with Crippen LogP contribution in [0.4, 0.5) is 5.69 Å². The Labute approximate surface area is 168 Å². The molecule has 1 amide bonds. The Morgan fingerprint density at radius 1 is 1.11 bits per heavy atom. The highest BCUT2D eigenvalue weighted by Gasteiger charge is 2.58. The molecule has 27 heavy (non-hydrogen) atoms. The first-order valence-electron chi connectivity index (χ1n) is 8.95. The highest BCUT2D eigenvalue weighted by Crippen LogP contribution is 2.54. The van der Waals surface area contributed by atoms with E-state index in [1.165, 1.54) is 0 Å². The minimum atomic E-state index is -0.822. The second kappa shape index (κ2) is 6.81. The van der Waals surface area contributed by atoms with Crippen LogP contribution in [0.2, 0.25) is 10.0 Å². The third kappa shape index (κ3) is 2.90. The summed E-state index contributed by atoms with van der Waals surface area (Å²) < 4.78 is 0. The number of carbonyl (C=O) groups excluding carboxylic acids is 2. The van der Waals surface area contributed by atoms with Crippen molar-refractivity contribution >= 4 is 40.6 Å². The molecular weight excluding hydrogens is 381 g/mol. The Bertz CT molecular complexity index is 955. The number of anilines is 1. The van der Waals surface area contributed by atoms with Crippen LogP contribution in [0.15, 0.2) is 55.1 Å². The summed E-state index contributed by atoms with van der Waals surface area (Å²) in [5, 5.41) is 4.21. The maximum absolute atomic E-state index is 13.3. The number of fused-ring (bicyclic) bond motifs is 2. The third-order valence-corrected chi connectivity index (χ3v) is 6.33. The number of hydrogen-bond acceptors (Lipinski definition) is 2. The van der Waals surface area contributed by atoms with E-state index < -0.39 is 5.41 Å². The minimum Gasteiger partial charge on any atom is -0.325 e. The predicted octanol–water partition coefficient (Wildman–Crippen LogP) is 5.21. The van der Waals surface area contributed by atoms with Crippen molar-refractivity contribution in [2.45, 2.75) is 24.7 Å². The predicted molar refractivity (Wildman–Crippen MR) is 108 cm³/mol. The molecule has 138 valence electrons. The molecule has 2 aliphatic rings.